The van der Waals surface area contributed by atoms with Crippen LogP contribution in [0.4, 0.5) is 5.69 Å². The van der Waals surface area contributed by atoms with Crippen molar-refractivity contribution in [2.45, 2.75) is 113 Å². The van der Waals surface area contributed by atoms with Crippen molar-refractivity contribution in [2.24, 2.45) is 17.6 Å². The zero-order chi connectivity index (χ0) is 24.1. The molecule has 1 aromatic rings. The van der Waals surface area contributed by atoms with Gasteiger partial charge in [-0.2, -0.15) is 0 Å². The first-order chi connectivity index (χ1) is 16.3. The molecule has 0 radical (unpaired) electrons. The summed E-state index contributed by atoms with van der Waals surface area (Å²) in [5.41, 5.74) is 7.19. The molecule has 3 aliphatic rings. The lowest BCUT2D eigenvalue weighted by molar-refractivity contribution is -0.118. The van der Waals surface area contributed by atoms with E-state index in [4.69, 9.17) is 11.1 Å². The quantitative estimate of drug-likeness (QED) is 0.224. The minimum atomic E-state index is -0.0163. The van der Waals surface area contributed by atoms with E-state index < -0.39 is 0 Å². The fourth-order valence-corrected chi connectivity index (χ4v) is 7.80. The second-order valence-corrected chi connectivity index (χ2v) is 12.5. The van der Waals surface area contributed by atoms with Gasteiger partial charge in [0.05, 0.1) is 16.8 Å². The average Bonchev–Trinajstić information content (AvgIpc) is 2.81. The van der Waals surface area contributed by atoms with E-state index in [-0.39, 0.29) is 22.6 Å². The monoisotopic (exact) mass is 484 g/mol. The van der Waals surface area contributed by atoms with Crippen molar-refractivity contribution in [3.63, 3.8) is 0 Å². The Bertz CT molecular complexity index is 861. The van der Waals surface area contributed by atoms with Crippen LogP contribution in [0.15, 0.2) is 29.2 Å². The molecule has 2 fully saturated rings. The highest BCUT2D eigenvalue weighted by molar-refractivity contribution is 8.01. The summed E-state index contributed by atoms with van der Waals surface area (Å²) < 4.78 is 0. The molecule has 1 aromatic carbocycles. The van der Waals surface area contributed by atoms with Gasteiger partial charge in [-0.3, -0.25) is 10.2 Å². The first kappa shape index (κ1) is 25.6. The fraction of sp³-hybridized carbons (Fsp3) is 0.714. The maximum atomic E-state index is 13.6. The lowest BCUT2D eigenvalue weighted by atomic mass is 9.78. The Hall–Kier alpha value is -1.53. The molecule has 0 aromatic heterocycles. The molecule has 34 heavy (non-hydrogen) atoms. The fourth-order valence-electron chi connectivity index (χ4n) is 6.44. The van der Waals surface area contributed by atoms with E-state index >= 15 is 0 Å². The number of amidine groups is 1. The number of fused-ring (bicyclic) bond motifs is 1. The van der Waals surface area contributed by atoms with Crippen molar-refractivity contribution in [2.75, 3.05) is 11.4 Å². The van der Waals surface area contributed by atoms with Crippen LogP contribution in [0.1, 0.15) is 90.9 Å². The van der Waals surface area contributed by atoms with E-state index in [0.717, 1.165) is 50.8 Å². The number of piperidine rings is 1. The highest BCUT2D eigenvalue weighted by Gasteiger charge is 2.36. The lowest BCUT2D eigenvalue weighted by Gasteiger charge is -2.39. The molecule has 1 saturated carbocycles. The summed E-state index contributed by atoms with van der Waals surface area (Å²) in [6, 6.07) is 9.04. The maximum absolute atomic E-state index is 13.6. The van der Waals surface area contributed by atoms with Crippen LogP contribution in [0.25, 0.3) is 0 Å². The minimum absolute atomic E-state index is 0.0163. The Balaban J connectivity index is 1.32. The number of rotatable bonds is 9. The standard InChI is InChI=1S/C28H44N4OS/c1-20-10-9-16-28(2,31-20)15-6-3-7-17-32-23-13-4-5-14-24(23)34-25(27(32)33)19-21-11-8-12-22(18-21)26(29)30/h4-5,13-14,20-22,25,31H,3,6-12,15-19H2,1-2H3,(H3,29,30). The van der Waals surface area contributed by atoms with Gasteiger partial charge in [-0.15, -0.1) is 11.8 Å². The summed E-state index contributed by atoms with van der Waals surface area (Å²) in [6.45, 7) is 5.50. The number of carbonyl (C=O) groups excluding carboxylic acids is 1. The summed E-state index contributed by atoms with van der Waals surface area (Å²) in [4.78, 5) is 16.9. The number of nitrogens with zero attached hydrogens (tertiary/aromatic N) is 1. The van der Waals surface area contributed by atoms with Gasteiger partial charge in [0.1, 0.15) is 0 Å². The predicted molar refractivity (Wildman–Crippen MR) is 144 cm³/mol. The number of unbranched alkanes of at least 4 members (excludes halogenated alkanes) is 2. The second-order valence-electron chi connectivity index (χ2n) is 11.3. The Kier molecular flexibility index (Phi) is 8.62. The first-order valence-corrected chi connectivity index (χ1v) is 14.4. The molecule has 5 nitrogen and oxygen atoms in total. The molecule has 4 rings (SSSR count). The molecule has 2 heterocycles. The molecule has 4 N–H and O–H groups in total. The Morgan fingerprint density at radius 1 is 1.21 bits per heavy atom. The van der Waals surface area contributed by atoms with Gasteiger partial charge in [-0.1, -0.05) is 44.2 Å². The normalized spacial score (nSPS) is 31.8. The van der Waals surface area contributed by atoms with Crippen molar-refractivity contribution < 1.29 is 4.79 Å². The molecule has 0 bridgehead atoms. The first-order valence-electron chi connectivity index (χ1n) is 13.5. The molecular formula is C28H44N4OS. The van der Waals surface area contributed by atoms with Crippen LogP contribution in [0, 0.1) is 17.2 Å². The molecule has 1 aliphatic carbocycles. The maximum Gasteiger partial charge on any atom is 0.240 e. The van der Waals surface area contributed by atoms with Crippen molar-refractivity contribution in [1.82, 2.24) is 5.32 Å². The number of anilines is 1. The lowest BCUT2D eigenvalue weighted by Crippen LogP contribution is -2.50. The molecule has 1 saturated heterocycles. The number of hydrogen-bond donors (Lipinski definition) is 3. The topological polar surface area (TPSA) is 82.2 Å². The van der Waals surface area contributed by atoms with Gasteiger partial charge < -0.3 is 16.0 Å². The molecule has 5 unspecified atom stereocenters. The van der Waals surface area contributed by atoms with E-state index in [9.17, 15) is 4.79 Å². The zero-order valence-corrected chi connectivity index (χ0v) is 22.0. The molecular weight excluding hydrogens is 440 g/mol. The summed E-state index contributed by atoms with van der Waals surface area (Å²) in [5, 5.41) is 11.7. The van der Waals surface area contributed by atoms with Crippen molar-refractivity contribution in [3.8, 4) is 0 Å². The summed E-state index contributed by atoms with van der Waals surface area (Å²) in [7, 11) is 0. The number of nitrogens with one attached hydrogen (secondary N) is 2. The number of carbonyl (C=O) groups is 1. The van der Waals surface area contributed by atoms with Crippen molar-refractivity contribution in [1.29, 1.82) is 5.41 Å². The van der Waals surface area contributed by atoms with Gasteiger partial charge in [0.15, 0.2) is 0 Å². The third-order valence-corrected chi connectivity index (χ3v) is 9.59. The molecule has 2 aliphatic heterocycles. The number of amides is 1. The summed E-state index contributed by atoms with van der Waals surface area (Å²) in [5.74, 6) is 1.30. The van der Waals surface area contributed by atoms with Crippen LogP contribution in [0.3, 0.4) is 0 Å². The number of nitrogens with two attached hydrogens (primary N) is 1. The van der Waals surface area contributed by atoms with Crippen molar-refractivity contribution in [3.05, 3.63) is 24.3 Å². The van der Waals surface area contributed by atoms with E-state index in [1.54, 1.807) is 11.8 Å². The highest BCUT2D eigenvalue weighted by atomic mass is 32.2. The van der Waals surface area contributed by atoms with Crippen LogP contribution in [0.5, 0.6) is 0 Å². The Labute approximate surface area is 210 Å². The molecule has 1 amide bonds. The summed E-state index contributed by atoms with van der Waals surface area (Å²) >= 11 is 1.75. The highest BCUT2D eigenvalue weighted by Crippen LogP contribution is 2.43. The number of hydrogen-bond acceptors (Lipinski definition) is 4. The van der Waals surface area contributed by atoms with Crippen LogP contribution >= 0.6 is 11.8 Å². The third kappa shape index (κ3) is 6.37. The van der Waals surface area contributed by atoms with E-state index in [1.165, 1.54) is 43.4 Å². The van der Waals surface area contributed by atoms with Crippen molar-refractivity contribution >= 4 is 29.2 Å². The van der Waals surface area contributed by atoms with E-state index in [0.29, 0.717) is 17.8 Å². The second kappa shape index (κ2) is 11.5. The third-order valence-electron chi connectivity index (χ3n) is 8.31. The van der Waals surface area contributed by atoms with Crippen LogP contribution in [-0.2, 0) is 4.79 Å². The predicted octanol–water partition coefficient (Wildman–Crippen LogP) is 6.11. The Morgan fingerprint density at radius 3 is 2.82 bits per heavy atom. The molecule has 5 atom stereocenters. The zero-order valence-electron chi connectivity index (χ0n) is 21.2. The van der Waals surface area contributed by atoms with Crippen LogP contribution < -0.4 is 16.0 Å². The van der Waals surface area contributed by atoms with Gasteiger partial charge in [-0.05, 0) is 76.8 Å². The molecule has 6 heteroatoms. The van der Waals surface area contributed by atoms with Gasteiger partial charge in [0.2, 0.25) is 5.91 Å². The minimum Gasteiger partial charge on any atom is -0.387 e. The largest absolute Gasteiger partial charge is 0.387 e. The Morgan fingerprint density at radius 2 is 2.03 bits per heavy atom. The number of para-hydroxylation sites is 1. The van der Waals surface area contributed by atoms with Gasteiger partial charge in [-0.25, -0.2) is 0 Å². The van der Waals surface area contributed by atoms with E-state index in [2.05, 4.69) is 48.3 Å². The SMILES string of the molecule is CC1CCCC(C)(CCCCCN2C(=O)C(CC3CCCC(C(=N)N)C3)Sc3ccccc32)N1. The molecule has 0 spiro atoms. The van der Waals surface area contributed by atoms with Gasteiger partial charge in [0, 0.05) is 28.9 Å². The van der Waals surface area contributed by atoms with Crippen LogP contribution in [0.2, 0.25) is 0 Å². The average molecular weight is 485 g/mol. The van der Waals surface area contributed by atoms with Crippen LogP contribution in [-0.4, -0.2) is 35.1 Å². The smallest absolute Gasteiger partial charge is 0.240 e. The molecule has 188 valence electrons. The van der Waals surface area contributed by atoms with E-state index in [1.807, 2.05) is 0 Å². The van der Waals surface area contributed by atoms with Gasteiger partial charge in [0.25, 0.3) is 0 Å². The summed E-state index contributed by atoms with van der Waals surface area (Å²) in [6.07, 6.45) is 13.7. The van der Waals surface area contributed by atoms with Gasteiger partial charge >= 0.3 is 0 Å². The number of thioether (sulfide) groups is 1. The number of benzene rings is 1.